The summed E-state index contributed by atoms with van der Waals surface area (Å²) in [6.07, 6.45) is 1.11. The van der Waals surface area contributed by atoms with Crippen LogP contribution in [0.3, 0.4) is 0 Å². The van der Waals surface area contributed by atoms with Gasteiger partial charge in [-0.1, -0.05) is 23.2 Å². The number of ether oxygens (including phenoxy) is 1. The predicted molar refractivity (Wildman–Crippen MR) is 63.2 cm³/mol. The van der Waals surface area contributed by atoms with Crippen molar-refractivity contribution < 1.29 is 4.74 Å². The summed E-state index contributed by atoms with van der Waals surface area (Å²) in [5.74, 6) is 1.11. The van der Waals surface area contributed by atoms with E-state index in [-0.39, 0.29) is 0 Å². The van der Waals surface area contributed by atoms with Gasteiger partial charge in [0.15, 0.2) is 0 Å². The molecule has 1 saturated heterocycles. The fourth-order valence-electron chi connectivity index (χ4n) is 1.93. The zero-order valence-electron chi connectivity index (χ0n) is 8.52. The van der Waals surface area contributed by atoms with E-state index in [1.807, 2.05) is 6.07 Å². The Hall–Kier alpha value is -0.440. The molecule has 1 atom stereocenters. The van der Waals surface area contributed by atoms with Crippen molar-refractivity contribution in [3.05, 3.63) is 27.7 Å². The van der Waals surface area contributed by atoms with Crippen molar-refractivity contribution >= 4 is 23.2 Å². The molecule has 0 spiro atoms. The maximum atomic E-state index is 6.19. The molecule has 1 aromatic carbocycles. The van der Waals surface area contributed by atoms with Crippen molar-refractivity contribution in [2.24, 2.45) is 0 Å². The average Bonchev–Trinajstić information content (AvgIpc) is 2.74. The molecule has 1 aliphatic heterocycles. The maximum absolute atomic E-state index is 6.19. The van der Waals surface area contributed by atoms with Crippen LogP contribution in [0, 0.1) is 0 Å². The van der Waals surface area contributed by atoms with Crippen molar-refractivity contribution in [2.75, 3.05) is 20.2 Å². The van der Waals surface area contributed by atoms with Gasteiger partial charge >= 0.3 is 0 Å². The van der Waals surface area contributed by atoms with E-state index < -0.39 is 0 Å². The van der Waals surface area contributed by atoms with Gasteiger partial charge in [-0.3, -0.25) is 0 Å². The lowest BCUT2D eigenvalue weighted by Gasteiger charge is -2.13. The van der Waals surface area contributed by atoms with Crippen LogP contribution in [0.4, 0.5) is 0 Å². The third-order valence-electron chi connectivity index (χ3n) is 2.77. The molecule has 2 rings (SSSR count). The monoisotopic (exact) mass is 245 g/mol. The Balaban J connectivity index is 2.35. The van der Waals surface area contributed by atoms with Gasteiger partial charge in [-0.05, 0) is 30.5 Å². The van der Waals surface area contributed by atoms with E-state index >= 15 is 0 Å². The van der Waals surface area contributed by atoms with E-state index in [2.05, 4.69) is 5.32 Å². The second-order valence-electron chi connectivity index (χ2n) is 3.70. The van der Waals surface area contributed by atoms with Gasteiger partial charge in [0.05, 0.1) is 12.1 Å². The molecule has 0 saturated carbocycles. The van der Waals surface area contributed by atoms with Crippen molar-refractivity contribution in [1.29, 1.82) is 0 Å². The van der Waals surface area contributed by atoms with Crippen molar-refractivity contribution in [3.63, 3.8) is 0 Å². The summed E-state index contributed by atoms with van der Waals surface area (Å²) in [6, 6.07) is 3.71. The fourth-order valence-corrected chi connectivity index (χ4v) is 2.49. The number of benzene rings is 1. The quantitative estimate of drug-likeness (QED) is 0.865. The van der Waals surface area contributed by atoms with Crippen molar-refractivity contribution in [2.45, 2.75) is 12.3 Å². The molecule has 0 amide bonds. The normalized spacial score (nSPS) is 20.6. The summed E-state index contributed by atoms with van der Waals surface area (Å²) in [5.41, 5.74) is 1.12. The first-order chi connectivity index (χ1) is 7.22. The minimum absolute atomic E-state index is 0.473. The predicted octanol–water partition coefficient (Wildman–Crippen LogP) is 3.08. The van der Waals surface area contributed by atoms with E-state index in [0.29, 0.717) is 16.7 Å². The smallest absolute Gasteiger partial charge is 0.138 e. The van der Waals surface area contributed by atoms with Crippen LogP contribution in [0.25, 0.3) is 0 Å². The fraction of sp³-hybridized carbons (Fsp3) is 0.455. The summed E-state index contributed by atoms with van der Waals surface area (Å²) >= 11 is 12.3. The largest absolute Gasteiger partial charge is 0.495 e. The first-order valence-corrected chi connectivity index (χ1v) is 5.71. The van der Waals surface area contributed by atoms with Crippen molar-refractivity contribution in [3.8, 4) is 5.75 Å². The van der Waals surface area contributed by atoms with Crippen LogP contribution in [-0.4, -0.2) is 20.2 Å². The van der Waals surface area contributed by atoms with E-state index in [0.717, 1.165) is 30.1 Å². The molecule has 1 heterocycles. The molecule has 1 aliphatic rings. The van der Waals surface area contributed by atoms with Gasteiger partial charge in [0.2, 0.25) is 0 Å². The van der Waals surface area contributed by atoms with E-state index in [4.69, 9.17) is 27.9 Å². The lowest BCUT2D eigenvalue weighted by Crippen LogP contribution is -2.08. The lowest BCUT2D eigenvalue weighted by molar-refractivity contribution is 0.415. The summed E-state index contributed by atoms with van der Waals surface area (Å²) in [7, 11) is 1.59. The molecule has 82 valence electrons. The van der Waals surface area contributed by atoms with Crippen LogP contribution in [0.15, 0.2) is 12.1 Å². The lowest BCUT2D eigenvalue weighted by atomic mass is 9.98. The first-order valence-electron chi connectivity index (χ1n) is 4.96. The molecular weight excluding hydrogens is 233 g/mol. The molecule has 2 nitrogen and oxygen atoms in total. The van der Waals surface area contributed by atoms with Gasteiger partial charge in [-0.25, -0.2) is 0 Å². The highest BCUT2D eigenvalue weighted by Crippen LogP contribution is 2.36. The van der Waals surface area contributed by atoms with Crippen LogP contribution >= 0.6 is 23.2 Å². The Morgan fingerprint density at radius 2 is 2.13 bits per heavy atom. The molecule has 0 aromatic heterocycles. The molecule has 1 N–H and O–H groups in total. The zero-order valence-corrected chi connectivity index (χ0v) is 10.0. The number of halogens is 2. The Morgan fingerprint density at radius 1 is 1.33 bits per heavy atom. The molecule has 4 heteroatoms. The summed E-state index contributed by atoms with van der Waals surface area (Å²) < 4.78 is 5.11. The van der Waals surface area contributed by atoms with Crippen molar-refractivity contribution in [1.82, 2.24) is 5.32 Å². The molecule has 1 aromatic rings. The zero-order chi connectivity index (χ0) is 10.8. The van der Waals surface area contributed by atoms with E-state index in [9.17, 15) is 0 Å². The highest BCUT2D eigenvalue weighted by molar-refractivity contribution is 6.34. The second kappa shape index (κ2) is 4.60. The first kappa shape index (κ1) is 11.1. The SMILES string of the molecule is COc1cc(Cl)c(C2CCNC2)cc1Cl. The highest BCUT2D eigenvalue weighted by Gasteiger charge is 2.20. The van der Waals surface area contributed by atoms with Gasteiger partial charge in [0, 0.05) is 17.6 Å². The molecule has 1 unspecified atom stereocenters. The van der Waals surface area contributed by atoms with Crippen LogP contribution in [-0.2, 0) is 0 Å². The van der Waals surface area contributed by atoms with Crippen LogP contribution in [0.5, 0.6) is 5.75 Å². The van der Waals surface area contributed by atoms with Gasteiger partial charge < -0.3 is 10.1 Å². The summed E-state index contributed by atoms with van der Waals surface area (Å²) in [6.45, 7) is 2.02. The molecular formula is C11H13Cl2NO. The second-order valence-corrected chi connectivity index (χ2v) is 4.51. The van der Waals surface area contributed by atoms with Gasteiger partial charge in [0.1, 0.15) is 5.75 Å². The van der Waals surface area contributed by atoms with E-state index in [1.54, 1.807) is 13.2 Å². The number of rotatable bonds is 2. The topological polar surface area (TPSA) is 21.3 Å². The summed E-state index contributed by atoms with van der Waals surface area (Å²) in [5, 5.41) is 4.68. The molecule has 0 radical (unpaired) electrons. The van der Waals surface area contributed by atoms with Crippen LogP contribution in [0.2, 0.25) is 10.0 Å². The molecule has 1 fully saturated rings. The van der Waals surface area contributed by atoms with Gasteiger partial charge in [-0.2, -0.15) is 0 Å². The molecule has 0 bridgehead atoms. The number of methoxy groups -OCH3 is 1. The Morgan fingerprint density at radius 3 is 2.73 bits per heavy atom. The number of hydrogen-bond acceptors (Lipinski definition) is 2. The minimum Gasteiger partial charge on any atom is -0.495 e. The third-order valence-corrected chi connectivity index (χ3v) is 3.39. The Kier molecular flexibility index (Phi) is 3.39. The number of hydrogen-bond donors (Lipinski definition) is 1. The standard InChI is InChI=1S/C11H13Cl2NO/c1-15-11-5-9(12)8(4-10(11)13)7-2-3-14-6-7/h4-5,7,14H,2-3,6H2,1H3. The third kappa shape index (κ3) is 2.22. The van der Waals surface area contributed by atoms with Crippen LogP contribution < -0.4 is 10.1 Å². The van der Waals surface area contributed by atoms with Gasteiger partial charge in [-0.15, -0.1) is 0 Å². The molecule has 15 heavy (non-hydrogen) atoms. The average molecular weight is 246 g/mol. The van der Waals surface area contributed by atoms with Gasteiger partial charge in [0.25, 0.3) is 0 Å². The van der Waals surface area contributed by atoms with E-state index in [1.165, 1.54) is 0 Å². The highest BCUT2D eigenvalue weighted by atomic mass is 35.5. The number of nitrogens with one attached hydrogen (secondary N) is 1. The van der Waals surface area contributed by atoms with Crippen LogP contribution in [0.1, 0.15) is 17.9 Å². The molecule has 0 aliphatic carbocycles. The minimum atomic E-state index is 0.473. The summed E-state index contributed by atoms with van der Waals surface area (Å²) in [4.78, 5) is 0. The Bertz CT molecular complexity index is 362. The maximum Gasteiger partial charge on any atom is 0.138 e. The Labute approximate surface area is 99.5 Å².